The Kier molecular flexibility index (Phi) is 6.31. The van der Waals surface area contributed by atoms with Crippen molar-refractivity contribution in [1.82, 2.24) is 9.97 Å². The van der Waals surface area contributed by atoms with E-state index >= 15 is 0 Å². The largest absolute Gasteiger partial charge is 0.360 e. The van der Waals surface area contributed by atoms with E-state index in [-0.39, 0.29) is 5.91 Å². The van der Waals surface area contributed by atoms with Crippen molar-refractivity contribution in [2.24, 2.45) is 0 Å². The molecule has 0 aliphatic carbocycles. The van der Waals surface area contributed by atoms with Crippen LogP contribution in [0.1, 0.15) is 41.6 Å². The van der Waals surface area contributed by atoms with Gasteiger partial charge < -0.3 is 10.2 Å². The van der Waals surface area contributed by atoms with Crippen LogP contribution >= 0.6 is 15.9 Å². The number of halogens is 1. The van der Waals surface area contributed by atoms with Crippen molar-refractivity contribution in [3.63, 3.8) is 0 Å². The average Bonchev–Trinajstić information content (AvgIpc) is 2.54. The zero-order valence-electron chi connectivity index (χ0n) is 14.6. The summed E-state index contributed by atoms with van der Waals surface area (Å²) < 4.78 is 0.849. The van der Waals surface area contributed by atoms with Gasteiger partial charge in [0.25, 0.3) is 5.91 Å². The van der Waals surface area contributed by atoms with E-state index < -0.39 is 0 Å². The standard InChI is InChI=1S/C18H23BrN4O/c1-5-6-9-23(4)17-11-16(20-13(3)21-17)18(24)22-15-8-7-12(2)10-14(15)19/h7-8,10-11H,5-6,9H2,1-4H3,(H,22,24). The van der Waals surface area contributed by atoms with Crippen molar-refractivity contribution in [2.45, 2.75) is 33.6 Å². The van der Waals surface area contributed by atoms with Crippen molar-refractivity contribution in [1.29, 1.82) is 0 Å². The van der Waals surface area contributed by atoms with Gasteiger partial charge in [-0.2, -0.15) is 0 Å². The van der Waals surface area contributed by atoms with Gasteiger partial charge in [0.05, 0.1) is 5.69 Å². The van der Waals surface area contributed by atoms with Crippen molar-refractivity contribution in [3.8, 4) is 0 Å². The Morgan fingerprint density at radius 3 is 2.67 bits per heavy atom. The van der Waals surface area contributed by atoms with Crippen LogP contribution in [0.25, 0.3) is 0 Å². The molecule has 128 valence electrons. The molecule has 1 aromatic heterocycles. The number of carbonyl (C=O) groups is 1. The number of amides is 1. The molecule has 0 unspecified atom stereocenters. The van der Waals surface area contributed by atoms with Gasteiger partial charge in [0.2, 0.25) is 0 Å². The summed E-state index contributed by atoms with van der Waals surface area (Å²) in [5.74, 6) is 1.11. The van der Waals surface area contributed by atoms with Crippen LogP contribution in [0.15, 0.2) is 28.7 Å². The number of aromatic nitrogens is 2. The number of unbranched alkanes of at least 4 members (excludes halogenated alkanes) is 1. The van der Waals surface area contributed by atoms with E-state index in [9.17, 15) is 4.79 Å². The van der Waals surface area contributed by atoms with E-state index in [0.717, 1.165) is 40.9 Å². The summed E-state index contributed by atoms with van der Waals surface area (Å²) in [6, 6.07) is 7.53. The molecule has 0 radical (unpaired) electrons. The van der Waals surface area contributed by atoms with Crippen LogP contribution in [0.5, 0.6) is 0 Å². The van der Waals surface area contributed by atoms with Gasteiger partial charge in [-0.3, -0.25) is 4.79 Å². The second-order valence-corrected chi connectivity index (χ2v) is 6.73. The van der Waals surface area contributed by atoms with E-state index in [0.29, 0.717) is 11.5 Å². The highest BCUT2D eigenvalue weighted by molar-refractivity contribution is 9.10. The number of benzene rings is 1. The molecule has 2 aromatic rings. The molecule has 6 heteroatoms. The zero-order valence-corrected chi connectivity index (χ0v) is 16.1. The summed E-state index contributed by atoms with van der Waals surface area (Å²) in [5.41, 5.74) is 2.22. The lowest BCUT2D eigenvalue weighted by Gasteiger charge is -2.18. The monoisotopic (exact) mass is 390 g/mol. The van der Waals surface area contributed by atoms with Crippen LogP contribution in [0.3, 0.4) is 0 Å². The lowest BCUT2D eigenvalue weighted by Crippen LogP contribution is -2.22. The maximum atomic E-state index is 12.6. The fourth-order valence-corrected chi connectivity index (χ4v) is 2.87. The van der Waals surface area contributed by atoms with Crippen molar-refractivity contribution in [2.75, 3.05) is 23.8 Å². The van der Waals surface area contributed by atoms with Gasteiger partial charge in [0.15, 0.2) is 0 Å². The topological polar surface area (TPSA) is 58.1 Å². The number of aryl methyl sites for hydroxylation is 2. The number of anilines is 2. The second kappa shape index (κ2) is 8.24. The summed E-state index contributed by atoms with van der Waals surface area (Å²) in [6.45, 7) is 6.85. The maximum absolute atomic E-state index is 12.6. The van der Waals surface area contributed by atoms with Crippen LogP contribution in [0, 0.1) is 13.8 Å². The Hall–Kier alpha value is -1.95. The van der Waals surface area contributed by atoms with Crippen LogP contribution in [0.2, 0.25) is 0 Å². The first-order valence-corrected chi connectivity index (χ1v) is 8.84. The SMILES string of the molecule is CCCCN(C)c1cc(C(=O)Nc2ccc(C)cc2Br)nc(C)n1. The zero-order chi connectivity index (χ0) is 17.7. The van der Waals surface area contributed by atoms with Gasteiger partial charge in [-0.1, -0.05) is 19.4 Å². The minimum atomic E-state index is -0.241. The Morgan fingerprint density at radius 1 is 1.25 bits per heavy atom. The fraction of sp³-hybridized carbons (Fsp3) is 0.389. The Balaban J connectivity index is 2.21. The first-order chi connectivity index (χ1) is 11.4. The molecule has 2 rings (SSSR count). The first-order valence-electron chi connectivity index (χ1n) is 8.05. The van der Waals surface area contributed by atoms with Gasteiger partial charge in [-0.25, -0.2) is 9.97 Å². The second-order valence-electron chi connectivity index (χ2n) is 5.87. The Morgan fingerprint density at radius 2 is 2.00 bits per heavy atom. The predicted molar refractivity (Wildman–Crippen MR) is 102 cm³/mol. The minimum absolute atomic E-state index is 0.241. The minimum Gasteiger partial charge on any atom is -0.360 e. The number of hydrogen-bond acceptors (Lipinski definition) is 4. The Bertz CT molecular complexity index is 733. The van der Waals surface area contributed by atoms with Crippen LogP contribution < -0.4 is 10.2 Å². The third-order valence-corrected chi connectivity index (χ3v) is 4.32. The summed E-state index contributed by atoms with van der Waals surface area (Å²) in [6.07, 6.45) is 2.20. The van der Waals surface area contributed by atoms with Crippen LogP contribution in [0.4, 0.5) is 11.5 Å². The van der Waals surface area contributed by atoms with E-state index in [2.05, 4.69) is 43.0 Å². The molecule has 0 saturated heterocycles. The molecule has 5 nitrogen and oxygen atoms in total. The predicted octanol–water partition coefficient (Wildman–Crippen LogP) is 4.34. The number of rotatable bonds is 6. The number of hydrogen-bond donors (Lipinski definition) is 1. The van der Waals surface area contributed by atoms with Crippen LogP contribution in [-0.2, 0) is 0 Å². The summed E-state index contributed by atoms with van der Waals surface area (Å²) in [5, 5.41) is 2.90. The molecule has 0 aliphatic rings. The molecular weight excluding hydrogens is 368 g/mol. The van der Waals surface area contributed by atoms with E-state index in [1.807, 2.05) is 32.2 Å². The van der Waals surface area contributed by atoms with Crippen molar-refractivity contribution < 1.29 is 4.79 Å². The Labute approximate surface area is 151 Å². The summed E-state index contributed by atoms with van der Waals surface area (Å²) in [4.78, 5) is 23.3. The average molecular weight is 391 g/mol. The molecule has 1 N–H and O–H groups in total. The molecular formula is C18H23BrN4O. The van der Waals surface area contributed by atoms with Gasteiger partial charge >= 0.3 is 0 Å². The normalized spacial score (nSPS) is 10.5. The molecule has 0 spiro atoms. The molecule has 0 bridgehead atoms. The number of nitrogens with zero attached hydrogens (tertiary/aromatic N) is 3. The quantitative estimate of drug-likeness (QED) is 0.796. The lowest BCUT2D eigenvalue weighted by atomic mass is 10.2. The fourth-order valence-electron chi connectivity index (χ4n) is 2.28. The van der Waals surface area contributed by atoms with Gasteiger partial charge in [-0.05, 0) is 53.9 Å². The molecule has 0 fully saturated rings. The molecule has 24 heavy (non-hydrogen) atoms. The highest BCUT2D eigenvalue weighted by Crippen LogP contribution is 2.24. The number of nitrogens with one attached hydrogen (secondary N) is 1. The van der Waals surface area contributed by atoms with Crippen molar-refractivity contribution >= 4 is 33.3 Å². The smallest absolute Gasteiger partial charge is 0.274 e. The van der Waals surface area contributed by atoms with Gasteiger partial charge in [0.1, 0.15) is 17.3 Å². The van der Waals surface area contributed by atoms with Crippen LogP contribution in [-0.4, -0.2) is 29.5 Å². The molecule has 0 aliphatic heterocycles. The van der Waals surface area contributed by atoms with E-state index in [1.54, 1.807) is 13.0 Å². The highest BCUT2D eigenvalue weighted by Gasteiger charge is 2.14. The molecule has 0 atom stereocenters. The number of carbonyl (C=O) groups excluding carboxylic acids is 1. The summed E-state index contributed by atoms with van der Waals surface area (Å²) >= 11 is 3.47. The molecule has 0 saturated carbocycles. The molecule has 1 heterocycles. The van der Waals surface area contributed by atoms with Gasteiger partial charge in [0, 0.05) is 24.1 Å². The van der Waals surface area contributed by atoms with Crippen molar-refractivity contribution in [3.05, 3.63) is 45.8 Å². The van der Waals surface area contributed by atoms with E-state index in [1.165, 1.54) is 0 Å². The third kappa shape index (κ3) is 4.77. The molecule has 1 amide bonds. The molecule has 1 aromatic carbocycles. The lowest BCUT2D eigenvalue weighted by molar-refractivity contribution is 0.102. The van der Waals surface area contributed by atoms with Gasteiger partial charge in [-0.15, -0.1) is 0 Å². The first kappa shape index (κ1) is 18.4. The summed E-state index contributed by atoms with van der Waals surface area (Å²) in [7, 11) is 1.98. The third-order valence-electron chi connectivity index (χ3n) is 3.67. The maximum Gasteiger partial charge on any atom is 0.274 e. The highest BCUT2D eigenvalue weighted by atomic mass is 79.9. The van der Waals surface area contributed by atoms with E-state index in [4.69, 9.17) is 0 Å².